The molecule has 8 heteroatoms. The molecule has 3 rings (SSSR count). The molecule has 1 aromatic rings. The maximum absolute atomic E-state index is 12.5. The van der Waals surface area contributed by atoms with Crippen LogP contribution >= 0.6 is 0 Å². The van der Waals surface area contributed by atoms with E-state index in [0.29, 0.717) is 24.5 Å². The van der Waals surface area contributed by atoms with E-state index in [4.69, 9.17) is 14.2 Å². The normalized spacial score (nSPS) is 23.3. The first-order valence-electron chi connectivity index (χ1n) is 8.55. The standard InChI is InChI=1S/C18H22N2O6/c1-10-7-20(8-11(2)25-10)17(22)12(3)26-18(23)13-4-5-14-15(6-13)24-9-16(21)19-14/h4-6,10-12H,7-9H2,1-3H3,(H,19,21). The number of hydrogen-bond acceptors (Lipinski definition) is 6. The van der Waals surface area contributed by atoms with Crippen molar-refractivity contribution >= 4 is 23.5 Å². The number of ether oxygens (including phenoxy) is 3. The van der Waals surface area contributed by atoms with Crippen LogP contribution in [0.1, 0.15) is 31.1 Å². The van der Waals surface area contributed by atoms with Crippen LogP contribution in [0.5, 0.6) is 5.75 Å². The molecule has 0 aliphatic carbocycles. The number of amides is 2. The summed E-state index contributed by atoms with van der Waals surface area (Å²) in [5.74, 6) is -0.722. The van der Waals surface area contributed by atoms with Crippen LogP contribution in [-0.4, -0.2) is 60.7 Å². The summed E-state index contributed by atoms with van der Waals surface area (Å²) in [7, 11) is 0. The van der Waals surface area contributed by atoms with Crippen LogP contribution in [0, 0.1) is 0 Å². The molecule has 2 amide bonds. The molecule has 1 saturated heterocycles. The lowest BCUT2D eigenvalue weighted by atomic mass is 10.1. The SMILES string of the molecule is CC1CN(C(=O)C(C)OC(=O)c2ccc3c(c2)OCC(=O)N3)CC(C)O1. The molecule has 140 valence electrons. The van der Waals surface area contributed by atoms with Crippen molar-refractivity contribution in [1.82, 2.24) is 4.90 Å². The number of fused-ring (bicyclic) bond motifs is 1. The maximum Gasteiger partial charge on any atom is 0.339 e. The van der Waals surface area contributed by atoms with Crippen molar-refractivity contribution in [3.05, 3.63) is 23.8 Å². The minimum atomic E-state index is -0.906. The quantitative estimate of drug-likeness (QED) is 0.812. The van der Waals surface area contributed by atoms with Gasteiger partial charge >= 0.3 is 5.97 Å². The Morgan fingerprint density at radius 1 is 1.27 bits per heavy atom. The third kappa shape index (κ3) is 3.96. The molecule has 1 N–H and O–H groups in total. The zero-order valence-electron chi connectivity index (χ0n) is 15.0. The highest BCUT2D eigenvalue weighted by Gasteiger charge is 2.30. The lowest BCUT2D eigenvalue weighted by molar-refractivity contribution is -0.151. The van der Waals surface area contributed by atoms with Gasteiger partial charge in [-0.3, -0.25) is 9.59 Å². The molecular formula is C18H22N2O6. The van der Waals surface area contributed by atoms with Crippen molar-refractivity contribution in [2.24, 2.45) is 0 Å². The van der Waals surface area contributed by atoms with E-state index in [1.54, 1.807) is 17.9 Å². The molecule has 3 atom stereocenters. The van der Waals surface area contributed by atoms with Crippen LogP contribution in [0.15, 0.2) is 18.2 Å². The summed E-state index contributed by atoms with van der Waals surface area (Å²) < 4.78 is 16.2. The first-order chi connectivity index (χ1) is 12.3. The number of nitrogens with zero attached hydrogens (tertiary/aromatic N) is 1. The third-order valence-electron chi connectivity index (χ3n) is 4.21. The van der Waals surface area contributed by atoms with E-state index >= 15 is 0 Å². The summed E-state index contributed by atoms with van der Waals surface area (Å²) in [5.41, 5.74) is 0.751. The summed E-state index contributed by atoms with van der Waals surface area (Å²) in [4.78, 5) is 37.8. The molecule has 1 aromatic carbocycles. The van der Waals surface area contributed by atoms with Crippen molar-refractivity contribution in [3.8, 4) is 5.75 Å². The van der Waals surface area contributed by atoms with Crippen LogP contribution in [0.25, 0.3) is 0 Å². The molecule has 1 fully saturated rings. The Kier molecular flexibility index (Phi) is 5.13. The molecule has 2 heterocycles. The molecule has 26 heavy (non-hydrogen) atoms. The highest BCUT2D eigenvalue weighted by atomic mass is 16.5. The van der Waals surface area contributed by atoms with Gasteiger partial charge < -0.3 is 24.4 Å². The Hall–Kier alpha value is -2.61. The van der Waals surface area contributed by atoms with E-state index in [-0.39, 0.29) is 36.2 Å². The fraction of sp³-hybridized carbons (Fsp3) is 0.500. The highest BCUT2D eigenvalue weighted by molar-refractivity contribution is 5.98. The molecule has 2 aliphatic rings. The lowest BCUT2D eigenvalue weighted by Gasteiger charge is -2.36. The van der Waals surface area contributed by atoms with Crippen molar-refractivity contribution < 1.29 is 28.6 Å². The number of nitrogens with one attached hydrogen (secondary N) is 1. The van der Waals surface area contributed by atoms with Gasteiger partial charge in [-0.1, -0.05) is 0 Å². The summed E-state index contributed by atoms with van der Waals surface area (Å²) in [6.07, 6.45) is -1.02. The second kappa shape index (κ2) is 7.33. The second-order valence-corrected chi connectivity index (χ2v) is 6.60. The van der Waals surface area contributed by atoms with Gasteiger partial charge in [0.2, 0.25) is 0 Å². The van der Waals surface area contributed by atoms with Crippen LogP contribution in [-0.2, 0) is 19.1 Å². The zero-order chi connectivity index (χ0) is 18.8. The van der Waals surface area contributed by atoms with Crippen LogP contribution in [0.4, 0.5) is 5.69 Å². The number of rotatable bonds is 3. The predicted molar refractivity (Wildman–Crippen MR) is 92.0 cm³/mol. The number of anilines is 1. The van der Waals surface area contributed by atoms with Crippen LogP contribution in [0.3, 0.4) is 0 Å². The van der Waals surface area contributed by atoms with E-state index in [1.807, 2.05) is 13.8 Å². The second-order valence-electron chi connectivity index (χ2n) is 6.60. The Labute approximate surface area is 151 Å². The molecule has 0 spiro atoms. The summed E-state index contributed by atoms with van der Waals surface area (Å²) >= 11 is 0. The van der Waals surface area contributed by atoms with E-state index in [9.17, 15) is 14.4 Å². The van der Waals surface area contributed by atoms with E-state index < -0.39 is 12.1 Å². The van der Waals surface area contributed by atoms with Crippen molar-refractivity contribution in [2.45, 2.75) is 39.1 Å². The van der Waals surface area contributed by atoms with Gasteiger partial charge in [0.25, 0.3) is 11.8 Å². The summed E-state index contributed by atoms with van der Waals surface area (Å²) in [5, 5.41) is 2.65. The molecule has 0 bridgehead atoms. The third-order valence-corrected chi connectivity index (χ3v) is 4.21. The number of carbonyl (C=O) groups is 3. The summed E-state index contributed by atoms with van der Waals surface area (Å²) in [6, 6.07) is 4.58. The van der Waals surface area contributed by atoms with Gasteiger partial charge in [-0.15, -0.1) is 0 Å². The first kappa shape index (κ1) is 18.2. The lowest BCUT2D eigenvalue weighted by Crippen LogP contribution is -2.51. The number of morpholine rings is 1. The Morgan fingerprint density at radius 2 is 1.96 bits per heavy atom. The number of benzene rings is 1. The predicted octanol–water partition coefficient (Wildman–Crippen LogP) is 1.20. The van der Waals surface area contributed by atoms with Gasteiger partial charge in [0.15, 0.2) is 12.7 Å². The van der Waals surface area contributed by atoms with Crippen molar-refractivity contribution in [3.63, 3.8) is 0 Å². The van der Waals surface area contributed by atoms with Gasteiger partial charge in [-0.05, 0) is 39.0 Å². The fourth-order valence-electron chi connectivity index (χ4n) is 3.10. The Bertz CT molecular complexity index is 724. The zero-order valence-corrected chi connectivity index (χ0v) is 15.0. The van der Waals surface area contributed by atoms with E-state index in [0.717, 1.165) is 0 Å². The number of hydrogen-bond donors (Lipinski definition) is 1. The molecule has 2 aliphatic heterocycles. The van der Waals surface area contributed by atoms with Crippen LogP contribution in [0.2, 0.25) is 0 Å². The molecule has 0 aromatic heterocycles. The smallest absolute Gasteiger partial charge is 0.339 e. The number of carbonyl (C=O) groups excluding carboxylic acids is 3. The fourth-order valence-corrected chi connectivity index (χ4v) is 3.10. The first-order valence-corrected chi connectivity index (χ1v) is 8.55. The minimum Gasteiger partial charge on any atom is -0.482 e. The van der Waals surface area contributed by atoms with Crippen LogP contribution < -0.4 is 10.1 Å². The molecule has 3 unspecified atom stereocenters. The Balaban J connectivity index is 1.64. The summed E-state index contributed by atoms with van der Waals surface area (Å²) in [6.45, 7) is 6.19. The van der Waals surface area contributed by atoms with E-state index in [2.05, 4.69) is 5.32 Å². The number of esters is 1. The molecule has 0 saturated carbocycles. The largest absolute Gasteiger partial charge is 0.482 e. The van der Waals surface area contributed by atoms with Gasteiger partial charge in [0.1, 0.15) is 5.75 Å². The monoisotopic (exact) mass is 362 g/mol. The molecule has 8 nitrogen and oxygen atoms in total. The van der Waals surface area contributed by atoms with E-state index in [1.165, 1.54) is 12.1 Å². The Morgan fingerprint density at radius 3 is 2.65 bits per heavy atom. The van der Waals surface area contributed by atoms with Gasteiger partial charge in [0.05, 0.1) is 23.5 Å². The van der Waals surface area contributed by atoms with Gasteiger partial charge in [-0.25, -0.2) is 4.79 Å². The minimum absolute atomic E-state index is 0.0568. The van der Waals surface area contributed by atoms with Crippen molar-refractivity contribution in [2.75, 3.05) is 25.0 Å². The van der Waals surface area contributed by atoms with Gasteiger partial charge in [0, 0.05) is 13.1 Å². The average Bonchev–Trinajstić information content (AvgIpc) is 2.59. The molecule has 0 radical (unpaired) electrons. The molecular weight excluding hydrogens is 340 g/mol. The highest BCUT2D eigenvalue weighted by Crippen LogP contribution is 2.29. The topological polar surface area (TPSA) is 94.2 Å². The maximum atomic E-state index is 12.5. The van der Waals surface area contributed by atoms with Crippen molar-refractivity contribution in [1.29, 1.82) is 0 Å². The average molecular weight is 362 g/mol. The van der Waals surface area contributed by atoms with Gasteiger partial charge in [-0.2, -0.15) is 0 Å².